The zero-order valence-corrected chi connectivity index (χ0v) is 9.31. The molecule has 1 aromatic rings. The van der Waals surface area contributed by atoms with Gasteiger partial charge in [0.05, 0.1) is 6.54 Å². The zero-order valence-electron chi connectivity index (χ0n) is 8.50. The maximum absolute atomic E-state index is 12.3. The van der Waals surface area contributed by atoms with Crippen molar-refractivity contribution in [2.24, 2.45) is 0 Å². The molecule has 0 aromatic carbocycles. The van der Waals surface area contributed by atoms with Gasteiger partial charge < -0.3 is 5.73 Å². The number of hydrogen-bond acceptors (Lipinski definition) is 4. The number of nitrogens with two attached hydrogens (primary N) is 1. The van der Waals surface area contributed by atoms with Gasteiger partial charge in [-0.3, -0.25) is 4.90 Å². The van der Waals surface area contributed by atoms with Crippen LogP contribution in [0.5, 0.6) is 0 Å². The van der Waals surface area contributed by atoms with Crippen molar-refractivity contribution >= 4 is 16.5 Å². The van der Waals surface area contributed by atoms with E-state index in [-0.39, 0.29) is 6.04 Å². The number of aromatic nitrogens is 1. The Kier molecular flexibility index (Phi) is 3.07. The lowest BCUT2D eigenvalue weighted by atomic mass is 10.4. The van der Waals surface area contributed by atoms with Gasteiger partial charge in [0.15, 0.2) is 5.13 Å². The van der Waals surface area contributed by atoms with Crippen molar-refractivity contribution in [3.63, 3.8) is 0 Å². The number of halogens is 3. The highest BCUT2D eigenvalue weighted by molar-refractivity contribution is 7.15. The van der Waals surface area contributed by atoms with Crippen molar-refractivity contribution in [1.82, 2.24) is 9.88 Å². The molecule has 0 radical (unpaired) electrons. The SMILES string of the molecule is Nc1ncc(CN(CC(F)(F)F)C2CC2)s1. The molecule has 1 fully saturated rings. The van der Waals surface area contributed by atoms with E-state index in [2.05, 4.69) is 4.98 Å². The first-order valence-electron chi connectivity index (χ1n) is 4.95. The maximum Gasteiger partial charge on any atom is 0.401 e. The molecule has 1 heterocycles. The Morgan fingerprint density at radius 3 is 2.62 bits per heavy atom. The van der Waals surface area contributed by atoms with Crippen molar-refractivity contribution in [3.05, 3.63) is 11.1 Å². The van der Waals surface area contributed by atoms with Crippen LogP contribution in [-0.2, 0) is 6.54 Å². The maximum atomic E-state index is 12.3. The highest BCUT2D eigenvalue weighted by atomic mass is 32.1. The highest BCUT2D eigenvalue weighted by Crippen LogP contribution is 2.32. The molecule has 0 saturated heterocycles. The molecular weight excluding hydrogens is 239 g/mol. The highest BCUT2D eigenvalue weighted by Gasteiger charge is 2.38. The van der Waals surface area contributed by atoms with E-state index in [1.807, 2.05) is 0 Å². The van der Waals surface area contributed by atoms with Gasteiger partial charge >= 0.3 is 6.18 Å². The van der Waals surface area contributed by atoms with Gasteiger partial charge in [0.2, 0.25) is 0 Å². The third-order valence-electron chi connectivity index (χ3n) is 2.38. The molecule has 0 atom stereocenters. The number of thiazole rings is 1. The van der Waals surface area contributed by atoms with Crippen LogP contribution in [0, 0.1) is 0 Å². The summed E-state index contributed by atoms with van der Waals surface area (Å²) in [4.78, 5) is 6.07. The van der Waals surface area contributed by atoms with Crippen LogP contribution in [0.25, 0.3) is 0 Å². The number of rotatable bonds is 4. The quantitative estimate of drug-likeness (QED) is 0.892. The van der Waals surface area contributed by atoms with Crippen LogP contribution in [0.4, 0.5) is 18.3 Å². The van der Waals surface area contributed by atoms with Gasteiger partial charge in [0.1, 0.15) is 0 Å². The molecule has 1 aliphatic carbocycles. The molecule has 1 aromatic heterocycles. The Morgan fingerprint density at radius 1 is 1.50 bits per heavy atom. The normalized spacial score (nSPS) is 17.0. The minimum absolute atomic E-state index is 0.0740. The van der Waals surface area contributed by atoms with Crippen LogP contribution in [0.15, 0.2) is 6.20 Å². The second-order valence-electron chi connectivity index (χ2n) is 3.92. The number of nitrogens with zero attached hydrogens (tertiary/aromatic N) is 2. The topological polar surface area (TPSA) is 42.1 Å². The Balaban J connectivity index is 1.97. The van der Waals surface area contributed by atoms with Gasteiger partial charge in [-0.15, -0.1) is 11.3 Å². The van der Waals surface area contributed by atoms with Crippen molar-refractivity contribution in [2.75, 3.05) is 12.3 Å². The summed E-state index contributed by atoms with van der Waals surface area (Å²) in [5.41, 5.74) is 5.44. The molecule has 16 heavy (non-hydrogen) atoms. The van der Waals surface area contributed by atoms with E-state index in [9.17, 15) is 13.2 Å². The predicted molar refractivity (Wildman–Crippen MR) is 56.0 cm³/mol. The number of nitrogen functional groups attached to an aromatic ring is 1. The van der Waals surface area contributed by atoms with Crippen molar-refractivity contribution < 1.29 is 13.2 Å². The van der Waals surface area contributed by atoms with E-state index in [0.717, 1.165) is 17.7 Å². The predicted octanol–water partition coefficient (Wildman–Crippen LogP) is 2.25. The van der Waals surface area contributed by atoms with Crippen LogP contribution < -0.4 is 5.73 Å². The van der Waals surface area contributed by atoms with E-state index < -0.39 is 12.7 Å². The Labute approximate surface area is 95.1 Å². The number of hydrogen-bond donors (Lipinski definition) is 1. The summed E-state index contributed by atoms with van der Waals surface area (Å²) in [6.45, 7) is -0.561. The van der Waals surface area contributed by atoms with E-state index in [1.54, 1.807) is 6.20 Å². The van der Waals surface area contributed by atoms with Gasteiger partial charge in [0.25, 0.3) is 0 Å². The van der Waals surface area contributed by atoms with Gasteiger partial charge in [0, 0.05) is 23.7 Å². The van der Waals surface area contributed by atoms with E-state index in [1.165, 1.54) is 16.2 Å². The number of alkyl halides is 3. The first-order valence-corrected chi connectivity index (χ1v) is 5.77. The standard InChI is InChI=1S/C9H12F3N3S/c10-9(11,12)5-15(6-1-2-6)4-7-3-14-8(13)16-7/h3,6H,1-2,4-5H2,(H2,13,14). The number of anilines is 1. The van der Waals surface area contributed by atoms with Crippen LogP contribution in [-0.4, -0.2) is 28.6 Å². The first-order chi connectivity index (χ1) is 7.44. The molecule has 1 aliphatic rings. The second-order valence-corrected chi connectivity index (χ2v) is 5.06. The Bertz CT molecular complexity index is 359. The van der Waals surface area contributed by atoms with Crippen LogP contribution in [0.3, 0.4) is 0 Å². The molecule has 2 rings (SSSR count). The molecule has 0 unspecified atom stereocenters. The summed E-state index contributed by atoms with van der Waals surface area (Å²) >= 11 is 1.24. The fourth-order valence-electron chi connectivity index (χ4n) is 1.58. The van der Waals surface area contributed by atoms with Gasteiger partial charge in [-0.2, -0.15) is 13.2 Å². The summed E-state index contributed by atoms with van der Waals surface area (Å²) < 4.78 is 37.0. The summed E-state index contributed by atoms with van der Waals surface area (Å²) in [5.74, 6) is 0. The van der Waals surface area contributed by atoms with Crippen molar-refractivity contribution in [1.29, 1.82) is 0 Å². The van der Waals surface area contributed by atoms with Gasteiger partial charge in [-0.05, 0) is 12.8 Å². The lowest BCUT2D eigenvalue weighted by Gasteiger charge is -2.22. The molecule has 0 amide bonds. The Hall–Kier alpha value is -0.820. The molecule has 1 saturated carbocycles. The fraction of sp³-hybridized carbons (Fsp3) is 0.667. The average molecular weight is 251 g/mol. The van der Waals surface area contributed by atoms with Crippen molar-refractivity contribution in [2.45, 2.75) is 31.6 Å². The second kappa shape index (κ2) is 4.21. The minimum atomic E-state index is -4.14. The lowest BCUT2D eigenvalue weighted by molar-refractivity contribution is -0.148. The molecular formula is C9H12F3N3S. The molecule has 7 heteroatoms. The van der Waals surface area contributed by atoms with E-state index >= 15 is 0 Å². The molecule has 0 aliphatic heterocycles. The fourth-order valence-corrected chi connectivity index (χ4v) is 2.29. The van der Waals surface area contributed by atoms with Crippen LogP contribution in [0.1, 0.15) is 17.7 Å². The molecule has 2 N–H and O–H groups in total. The summed E-state index contributed by atoms with van der Waals surface area (Å²) in [7, 11) is 0. The Morgan fingerprint density at radius 2 is 2.19 bits per heavy atom. The molecule has 90 valence electrons. The summed E-state index contributed by atoms with van der Waals surface area (Å²) in [6, 6.07) is 0.0740. The van der Waals surface area contributed by atoms with Crippen molar-refractivity contribution in [3.8, 4) is 0 Å². The third-order valence-corrected chi connectivity index (χ3v) is 3.19. The smallest absolute Gasteiger partial charge is 0.375 e. The zero-order chi connectivity index (χ0) is 11.8. The summed E-state index contributed by atoms with van der Waals surface area (Å²) in [6.07, 6.45) is -0.890. The lowest BCUT2D eigenvalue weighted by Crippen LogP contribution is -2.35. The molecule has 0 spiro atoms. The molecule has 3 nitrogen and oxygen atoms in total. The first kappa shape index (κ1) is 11.7. The van der Waals surface area contributed by atoms with Gasteiger partial charge in [-0.1, -0.05) is 0 Å². The summed E-state index contributed by atoms with van der Waals surface area (Å²) in [5, 5.41) is 0.401. The monoisotopic (exact) mass is 251 g/mol. The van der Waals surface area contributed by atoms with Crippen LogP contribution >= 0.6 is 11.3 Å². The van der Waals surface area contributed by atoms with E-state index in [0.29, 0.717) is 11.7 Å². The van der Waals surface area contributed by atoms with E-state index in [4.69, 9.17) is 5.73 Å². The largest absolute Gasteiger partial charge is 0.401 e. The molecule has 0 bridgehead atoms. The van der Waals surface area contributed by atoms with Crippen LogP contribution in [0.2, 0.25) is 0 Å². The average Bonchev–Trinajstić information content (AvgIpc) is 2.89. The third kappa shape index (κ3) is 3.34. The van der Waals surface area contributed by atoms with Gasteiger partial charge in [-0.25, -0.2) is 4.98 Å². The minimum Gasteiger partial charge on any atom is -0.375 e.